The number of carbonyl (C=O) groups is 1. The molecule has 39 heavy (non-hydrogen) atoms. The number of alkyl halides is 1. The predicted molar refractivity (Wildman–Crippen MR) is 143 cm³/mol. The first kappa shape index (κ1) is 24.5. The smallest absolute Gasteiger partial charge is 0.303 e. The Hall–Kier alpha value is -4.87. The highest BCUT2D eigenvalue weighted by molar-refractivity contribution is 5.87. The van der Waals surface area contributed by atoms with Crippen LogP contribution in [0.5, 0.6) is 11.5 Å². The van der Waals surface area contributed by atoms with Gasteiger partial charge in [-0.15, -0.1) is 0 Å². The Morgan fingerprint density at radius 1 is 1.08 bits per heavy atom. The number of benzene rings is 2. The molecule has 0 saturated carbocycles. The van der Waals surface area contributed by atoms with Crippen LogP contribution in [0.4, 0.5) is 21.8 Å². The van der Waals surface area contributed by atoms with Crippen molar-refractivity contribution in [3.8, 4) is 11.5 Å². The van der Waals surface area contributed by atoms with Gasteiger partial charge in [0.15, 0.2) is 18.1 Å². The summed E-state index contributed by atoms with van der Waals surface area (Å²) in [5.41, 5.74) is 4.60. The molecule has 0 radical (unpaired) electrons. The zero-order chi connectivity index (χ0) is 27.1. The van der Waals surface area contributed by atoms with Gasteiger partial charge in [0.25, 0.3) is 0 Å². The number of rotatable bonds is 6. The number of esters is 1. The third-order valence-electron chi connectivity index (χ3n) is 6.53. The van der Waals surface area contributed by atoms with Gasteiger partial charge in [-0.2, -0.15) is 0 Å². The number of aryl methyl sites for hydroxylation is 2. The second kappa shape index (κ2) is 9.78. The zero-order valence-electron chi connectivity index (χ0n) is 21.5. The molecule has 1 saturated heterocycles. The molecule has 2 aromatic carbocycles. The van der Waals surface area contributed by atoms with Crippen molar-refractivity contribution in [2.24, 2.45) is 7.05 Å². The monoisotopic (exact) mass is 528 g/mol. The molecule has 0 spiro atoms. The topological polar surface area (TPSA) is 120 Å². The normalized spacial score (nSPS) is 17.1. The van der Waals surface area contributed by atoms with Crippen molar-refractivity contribution in [1.82, 2.24) is 29.5 Å². The van der Waals surface area contributed by atoms with Crippen LogP contribution >= 0.6 is 0 Å². The number of ether oxygens (including phenoxy) is 2. The van der Waals surface area contributed by atoms with Crippen molar-refractivity contribution in [2.75, 3.05) is 23.3 Å². The summed E-state index contributed by atoms with van der Waals surface area (Å²) in [6, 6.07) is 11.5. The Labute approximate surface area is 222 Å². The van der Waals surface area contributed by atoms with Gasteiger partial charge in [0, 0.05) is 25.7 Å². The number of hydrogen-bond acceptors (Lipinski definition) is 10. The molecule has 0 bridgehead atoms. The first-order valence-corrected chi connectivity index (χ1v) is 12.3. The number of halogens is 1. The Morgan fingerprint density at radius 2 is 1.95 bits per heavy atom. The van der Waals surface area contributed by atoms with Crippen LogP contribution in [-0.4, -0.2) is 60.8 Å². The standard InChI is InChI=1S/C27H25FN8O3/c1-15-8-17(4-7-23(15)39-18-5-6-22-20(9-18)32-14-35(22)3)33-26-25-21(30-13-31-26)10-29-27(34-25)36-11-19(28)24(12-36)38-16(2)37/h4-10,13-14,19,24H,11-12H2,1-3H3,(H,30,31,33)/t19-,24+/m1/s1. The number of fused-ring (bicyclic) bond motifs is 2. The van der Waals surface area contributed by atoms with Crippen molar-refractivity contribution in [1.29, 1.82) is 0 Å². The average molecular weight is 529 g/mol. The van der Waals surface area contributed by atoms with Crippen LogP contribution in [0, 0.1) is 6.92 Å². The first-order valence-electron chi connectivity index (χ1n) is 12.3. The first-order chi connectivity index (χ1) is 18.8. The Kier molecular flexibility index (Phi) is 6.14. The molecule has 6 rings (SSSR count). The van der Waals surface area contributed by atoms with Gasteiger partial charge in [-0.25, -0.2) is 29.3 Å². The van der Waals surface area contributed by atoms with E-state index in [0.717, 1.165) is 22.3 Å². The van der Waals surface area contributed by atoms with E-state index in [1.165, 1.54) is 13.3 Å². The maximum atomic E-state index is 14.4. The molecule has 3 aromatic heterocycles. The van der Waals surface area contributed by atoms with E-state index in [0.29, 0.717) is 34.3 Å². The summed E-state index contributed by atoms with van der Waals surface area (Å²) in [5, 5.41) is 3.30. The molecule has 2 atom stereocenters. The number of aromatic nitrogens is 6. The summed E-state index contributed by atoms with van der Waals surface area (Å²) in [6.07, 6.45) is 2.58. The number of imidazole rings is 1. The molecule has 4 heterocycles. The summed E-state index contributed by atoms with van der Waals surface area (Å²) >= 11 is 0. The van der Waals surface area contributed by atoms with Crippen molar-refractivity contribution in [3.05, 3.63) is 60.8 Å². The maximum Gasteiger partial charge on any atom is 0.303 e. The molecule has 1 aliphatic heterocycles. The van der Waals surface area contributed by atoms with Crippen LogP contribution in [-0.2, 0) is 16.6 Å². The number of hydrogen-bond donors (Lipinski definition) is 1. The van der Waals surface area contributed by atoms with Crippen LogP contribution in [0.2, 0.25) is 0 Å². The highest BCUT2D eigenvalue weighted by Crippen LogP contribution is 2.31. The minimum Gasteiger partial charge on any atom is -0.457 e. The van der Waals surface area contributed by atoms with Crippen LogP contribution in [0.15, 0.2) is 55.2 Å². The minimum absolute atomic E-state index is 0.0217. The van der Waals surface area contributed by atoms with Gasteiger partial charge in [-0.05, 0) is 42.8 Å². The van der Waals surface area contributed by atoms with Gasteiger partial charge in [0.1, 0.15) is 28.9 Å². The largest absolute Gasteiger partial charge is 0.457 e. The van der Waals surface area contributed by atoms with Crippen LogP contribution in [0.3, 0.4) is 0 Å². The minimum atomic E-state index is -1.33. The Morgan fingerprint density at radius 3 is 2.77 bits per heavy atom. The summed E-state index contributed by atoms with van der Waals surface area (Å²) < 4.78 is 27.6. The van der Waals surface area contributed by atoms with Gasteiger partial charge in [-0.3, -0.25) is 4.79 Å². The highest BCUT2D eigenvalue weighted by Gasteiger charge is 2.36. The van der Waals surface area contributed by atoms with Gasteiger partial charge in [0.05, 0.1) is 36.6 Å². The van der Waals surface area contributed by atoms with E-state index in [-0.39, 0.29) is 13.1 Å². The molecule has 1 aliphatic rings. The summed E-state index contributed by atoms with van der Waals surface area (Å²) in [5.74, 6) is 1.67. The SMILES string of the molecule is CC(=O)O[C@H]1CN(c2ncc3ncnc(Nc4ccc(Oc5ccc6c(c5)ncn6C)c(C)c4)c3n2)C[C@H]1F. The fourth-order valence-corrected chi connectivity index (χ4v) is 4.60. The molecule has 0 unspecified atom stereocenters. The van der Waals surface area contributed by atoms with E-state index in [1.54, 1.807) is 17.4 Å². The molecule has 1 fully saturated rings. The van der Waals surface area contributed by atoms with E-state index in [4.69, 9.17) is 9.47 Å². The summed E-state index contributed by atoms with van der Waals surface area (Å²) in [7, 11) is 1.95. The van der Waals surface area contributed by atoms with Crippen LogP contribution in [0.1, 0.15) is 12.5 Å². The lowest BCUT2D eigenvalue weighted by Crippen LogP contribution is -2.27. The molecule has 11 nitrogen and oxygen atoms in total. The predicted octanol–water partition coefficient (Wildman–Crippen LogP) is 4.24. The lowest BCUT2D eigenvalue weighted by atomic mass is 10.2. The average Bonchev–Trinajstić information content (AvgIpc) is 3.47. The zero-order valence-corrected chi connectivity index (χ0v) is 21.5. The van der Waals surface area contributed by atoms with Crippen molar-refractivity contribution < 1.29 is 18.7 Å². The second-order valence-corrected chi connectivity index (χ2v) is 9.41. The molecular weight excluding hydrogens is 503 g/mol. The third-order valence-corrected chi connectivity index (χ3v) is 6.53. The molecule has 12 heteroatoms. The molecular formula is C27H25FN8O3. The second-order valence-electron chi connectivity index (χ2n) is 9.41. The van der Waals surface area contributed by atoms with Crippen LogP contribution < -0.4 is 15.0 Å². The molecule has 198 valence electrons. The summed E-state index contributed by atoms with van der Waals surface area (Å²) in [4.78, 5) is 34.9. The number of anilines is 3. The molecule has 5 aromatic rings. The van der Waals surface area contributed by atoms with Crippen LogP contribution in [0.25, 0.3) is 22.1 Å². The van der Waals surface area contributed by atoms with Gasteiger partial charge in [-0.1, -0.05) is 0 Å². The number of nitrogens with one attached hydrogen (secondary N) is 1. The van der Waals surface area contributed by atoms with Crippen molar-refractivity contribution >= 4 is 45.5 Å². The Balaban J connectivity index is 1.22. The highest BCUT2D eigenvalue weighted by atomic mass is 19.1. The van der Waals surface area contributed by atoms with E-state index >= 15 is 0 Å². The summed E-state index contributed by atoms with van der Waals surface area (Å²) in [6.45, 7) is 3.40. The quantitative estimate of drug-likeness (QED) is 0.320. The lowest BCUT2D eigenvalue weighted by Gasteiger charge is -2.16. The van der Waals surface area contributed by atoms with E-state index in [1.807, 2.05) is 54.9 Å². The fourth-order valence-electron chi connectivity index (χ4n) is 4.60. The van der Waals surface area contributed by atoms with E-state index in [2.05, 4.69) is 30.2 Å². The molecule has 0 aliphatic carbocycles. The lowest BCUT2D eigenvalue weighted by molar-refractivity contribution is -0.147. The fraction of sp³-hybridized carbons (Fsp3) is 0.259. The molecule has 1 N–H and O–H groups in total. The van der Waals surface area contributed by atoms with Gasteiger partial charge < -0.3 is 24.3 Å². The number of carbonyl (C=O) groups excluding carboxylic acids is 1. The van der Waals surface area contributed by atoms with Gasteiger partial charge >= 0.3 is 5.97 Å². The number of nitrogens with zero attached hydrogens (tertiary/aromatic N) is 7. The van der Waals surface area contributed by atoms with Crippen molar-refractivity contribution in [2.45, 2.75) is 26.1 Å². The van der Waals surface area contributed by atoms with Crippen molar-refractivity contribution in [3.63, 3.8) is 0 Å². The van der Waals surface area contributed by atoms with E-state index < -0.39 is 18.2 Å². The third kappa shape index (κ3) is 4.88. The Bertz CT molecular complexity index is 1710. The van der Waals surface area contributed by atoms with Gasteiger partial charge in [0.2, 0.25) is 5.95 Å². The maximum absolute atomic E-state index is 14.4. The van der Waals surface area contributed by atoms with E-state index in [9.17, 15) is 9.18 Å². The molecule has 0 amide bonds.